The van der Waals surface area contributed by atoms with Crippen molar-refractivity contribution in [2.24, 2.45) is 0 Å². The van der Waals surface area contributed by atoms with Crippen LogP contribution in [0, 0.1) is 0 Å². The molecule has 1 aliphatic rings. The van der Waals surface area contributed by atoms with Crippen LogP contribution in [0.2, 0.25) is 0 Å². The number of aromatic amines is 1. The molecule has 7 heteroatoms. The number of fused-ring (bicyclic) bond motifs is 3. The van der Waals surface area contributed by atoms with Crippen LogP contribution >= 0.6 is 11.6 Å². The maximum atomic E-state index is 13.1. The maximum Gasteiger partial charge on any atom is 0.245 e. The lowest BCUT2D eigenvalue weighted by atomic mass is 9.87. The van der Waals surface area contributed by atoms with Gasteiger partial charge in [0.25, 0.3) is 0 Å². The fourth-order valence-electron chi connectivity index (χ4n) is 4.18. The Hall–Kier alpha value is -2.99. The first-order chi connectivity index (χ1) is 13.9. The monoisotopic (exact) mass is 410 g/mol. The van der Waals surface area contributed by atoms with Gasteiger partial charge in [0.15, 0.2) is 0 Å². The molecule has 0 bridgehead atoms. The van der Waals surface area contributed by atoms with Crippen LogP contribution in [0.1, 0.15) is 22.9 Å². The molecule has 0 saturated carbocycles. The lowest BCUT2D eigenvalue weighted by Crippen LogP contribution is -2.54. The standard InChI is InChI=1S/C22H23ClN4O2/c1-26(2)22(29)18-11-16-15-5-3-4-6-17(15)25-20(16)21(27(18)19(28)12-23)13-7-9-14(24)10-8-13/h3-10,18,21,25H,11-12,24H2,1-2H3/t18-,21+/m1/s1. The highest BCUT2D eigenvalue weighted by atomic mass is 35.5. The normalized spacial score (nSPS) is 18.5. The van der Waals surface area contributed by atoms with Crippen molar-refractivity contribution >= 4 is 40.0 Å². The molecule has 0 saturated heterocycles. The van der Waals surface area contributed by atoms with Gasteiger partial charge < -0.3 is 20.5 Å². The summed E-state index contributed by atoms with van der Waals surface area (Å²) in [6.07, 6.45) is 0.435. The van der Waals surface area contributed by atoms with Gasteiger partial charge in [0, 0.05) is 42.8 Å². The number of H-pyrrole nitrogens is 1. The number of anilines is 1. The number of rotatable bonds is 3. The fraction of sp³-hybridized carbons (Fsp3) is 0.273. The number of alkyl halides is 1. The van der Waals surface area contributed by atoms with Crippen LogP contribution in [0.25, 0.3) is 10.9 Å². The highest BCUT2D eigenvalue weighted by molar-refractivity contribution is 6.27. The third-order valence-electron chi connectivity index (χ3n) is 5.51. The fourth-order valence-corrected chi connectivity index (χ4v) is 4.32. The number of aromatic nitrogens is 1. The molecule has 0 fully saturated rings. The van der Waals surface area contributed by atoms with E-state index in [9.17, 15) is 9.59 Å². The maximum absolute atomic E-state index is 13.1. The highest BCUT2D eigenvalue weighted by Crippen LogP contribution is 2.41. The molecule has 0 spiro atoms. The van der Waals surface area contributed by atoms with E-state index in [-0.39, 0.29) is 17.7 Å². The van der Waals surface area contributed by atoms with Crippen LogP contribution in [-0.2, 0) is 16.0 Å². The van der Waals surface area contributed by atoms with E-state index in [2.05, 4.69) is 4.98 Å². The summed E-state index contributed by atoms with van der Waals surface area (Å²) in [7, 11) is 3.41. The van der Waals surface area contributed by atoms with Crippen molar-refractivity contribution in [2.75, 3.05) is 25.7 Å². The van der Waals surface area contributed by atoms with Crippen LogP contribution in [0.5, 0.6) is 0 Å². The molecular weight excluding hydrogens is 388 g/mol. The summed E-state index contributed by atoms with van der Waals surface area (Å²) < 4.78 is 0. The van der Waals surface area contributed by atoms with Crippen molar-refractivity contribution < 1.29 is 9.59 Å². The summed E-state index contributed by atoms with van der Waals surface area (Å²) in [5.74, 6) is -0.601. The van der Waals surface area contributed by atoms with E-state index in [1.807, 2.05) is 36.4 Å². The van der Waals surface area contributed by atoms with Crippen molar-refractivity contribution in [3.05, 3.63) is 65.4 Å². The number of amides is 2. The molecular formula is C22H23ClN4O2. The Bertz CT molecular complexity index is 1070. The number of carbonyl (C=O) groups excluding carboxylic acids is 2. The Morgan fingerprint density at radius 1 is 1.17 bits per heavy atom. The lowest BCUT2D eigenvalue weighted by molar-refractivity contribution is -0.145. The van der Waals surface area contributed by atoms with Gasteiger partial charge in [-0.3, -0.25) is 9.59 Å². The van der Waals surface area contributed by atoms with Gasteiger partial charge in [-0.15, -0.1) is 11.6 Å². The second-order valence-corrected chi connectivity index (χ2v) is 7.79. The van der Waals surface area contributed by atoms with E-state index in [1.165, 1.54) is 4.90 Å². The first-order valence-corrected chi connectivity index (χ1v) is 9.99. The smallest absolute Gasteiger partial charge is 0.245 e. The van der Waals surface area contributed by atoms with Gasteiger partial charge in [0.1, 0.15) is 11.9 Å². The van der Waals surface area contributed by atoms with Crippen molar-refractivity contribution in [1.82, 2.24) is 14.8 Å². The second-order valence-electron chi connectivity index (χ2n) is 7.52. The van der Waals surface area contributed by atoms with Gasteiger partial charge in [-0.2, -0.15) is 0 Å². The van der Waals surface area contributed by atoms with Crippen LogP contribution < -0.4 is 5.73 Å². The second kappa shape index (κ2) is 7.44. The van der Waals surface area contributed by atoms with Gasteiger partial charge in [-0.25, -0.2) is 0 Å². The summed E-state index contributed by atoms with van der Waals surface area (Å²) in [5.41, 5.74) is 10.3. The van der Waals surface area contributed by atoms with Gasteiger partial charge >= 0.3 is 0 Å². The topological polar surface area (TPSA) is 82.4 Å². The average molecular weight is 411 g/mol. The Morgan fingerprint density at radius 3 is 2.52 bits per heavy atom. The van der Waals surface area contributed by atoms with E-state index in [4.69, 9.17) is 17.3 Å². The predicted octanol–water partition coefficient (Wildman–Crippen LogP) is 2.92. The van der Waals surface area contributed by atoms with E-state index in [0.717, 1.165) is 27.7 Å². The predicted molar refractivity (Wildman–Crippen MR) is 115 cm³/mol. The number of carbonyl (C=O) groups is 2. The molecule has 2 aromatic carbocycles. The molecule has 150 valence electrons. The van der Waals surface area contributed by atoms with Gasteiger partial charge in [-0.1, -0.05) is 30.3 Å². The largest absolute Gasteiger partial charge is 0.399 e. The summed E-state index contributed by atoms with van der Waals surface area (Å²) in [4.78, 5) is 32.7. The minimum Gasteiger partial charge on any atom is -0.399 e. The molecule has 1 aliphatic heterocycles. The van der Waals surface area contributed by atoms with Crippen molar-refractivity contribution in [3.63, 3.8) is 0 Å². The quantitative estimate of drug-likeness (QED) is 0.514. The minimum absolute atomic E-state index is 0.125. The summed E-state index contributed by atoms with van der Waals surface area (Å²) >= 11 is 5.97. The van der Waals surface area contributed by atoms with Crippen LogP contribution in [-0.4, -0.2) is 52.6 Å². The SMILES string of the molecule is CN(C)C(=O)[C@H]1Cc2c([nH]c3ccccc23)[C@H](c2ccc(N)cc2)N1C(=O)CCl. The number of nitrogens with zero attached hydrogens (tertiary/aromatic N) is 2. The molecule has 29 heavy (non-hydrogen) atoms. The first-order valence-electron chi connectivity index (χ1n) is 9.45. The van der Waals surface area contributed by atoms with Crippen molar-refractivity contribution in [1.29, 1.82) is 0 Å². The van der Waals surface area contributed by atoms with Crippen LogP contribution in [0.15, 0.2) is 48.5 Å². The number of likely N-dealkylation sites (N-methyl/N-ethyl adjacent to an activating group) is 1. The zero-order chi connectivity index (χ0) is 20.7. The number of para-hydroxylation sites is 1. The molecule has 3 N–H and O–H groups in total. The van der Waals surface area contributed by atoms with E-state index in [1.54, 1.807) is 31.1 Å². The third-order valence-corrected chi connectivity index (χ3v) is 5.74. The molecule has 1 aromatic heterocycles. The molecule has 2 heterocycles. The van der Waals surface area contributed by atoms with E-state index >= 15 is 0 Å². The highest BCUT2D eigenvalue weighted by Gasteiger charge is 2.43. The number of nitrogens with two attached hydrogens (primary N) is 1. The summed E-state index contributed by atoms with van der Waals surface area (Å²) in [6.45, 7) is 0. The van der Waals surface area contributed by atoms with Gasteiger partial charge in [-0.05, 0) is 29.3 Å². The molecule has 6 nitrogen and oxygen atoms in total. The average Bonchev–Trinajstić information content (AvgIpc) is 3.10. The number of hydrogen-bond donors (Lipinski definition) is 2. The van der Waals surface area contributed by atoms with E-state index < -0.39 is 12.1 Å². The Labute approximate surface area is 174 Å². The molecule has 2 amide bonds. The molecule has 0 unspecified atom stereocenters. The molecule has 3 aromatic rings. The first kappa shape index (κ1) is 19.3. The van der Waals surface area contributed by atoms with Gasteiger partial charge in [0.2, 0.25) is 11.8 Å². The third kappa shape index (κ3) is 3.23. The zero-order valence-electron chi connectivity index (χ0n) is 16.4. The molecule has 4 rings (SSSR count). The number of benzene rings is 2. The Kier molecular flexibility index (Phi) is 4.96. The number of nitrogens with one attached hydrogen (secondary N) is 1. The number of halogens is 1. The Morgan fingerprint density at radius 2 is 1.86 bits per heavy atom. The van der Waals surface area contributed by atoms with Crippen molar-refractivity contribution in [3.8, 4) is 0 Å². The minimum atomic E-state index is -0.634. The van der Waals surface area contributed by atoms with Crippen molar-refractivity contribution in [2.45, 2.75) is 18.5 Å². The van der Waals surface area contributed by atoms with Crippen LogP contribution in [0.3, 0.4) is 0 Å². The lowest BCUT2D eigenvalue weighted by Gasteiger charge is -2.42. The van der Waals surface area contributed by atoms with Gasteiger partial charge in [0.05, 0.1) is 6.04 Å². The van der Waals surface area contributed by atoms with Crippen LogP contribution in [0.4, 0.5) is 5.69 Å². The Balaban J connectivity index is 1.98. The van der Waals surface area contributed by atoms with E-state index in [0.29, 0.717) is 12.1 Å². The molecule has 0 aliphatic carbocycles. The number of hydrogen-bond acceptors (Lipinski definition) is 3. The molecule has 2 atom stereocenters. The summed E-state index contributed by atoms with van der Waals surface area (Å²) in [5, 5.41) is 1.07. The summed E-state index contributed by atoms with van der Waals surface area (Å²) in [6, 6.07) is 14.3. The molecule has 0 radical (unpaired) electrons. The zero-order valence-corrected chi connectivity index (χ0v) is 17.1. The number of nitrogen functional groups attached to an aromatic ring is 1.